The second-order valence-electron chi connectivity index (χ2n) is 7.40. The normalized spacial score (nSPS) is 18.0. The Morgan fingerprint density at radius 2 is 1.46 bits per heavy atom. The molecule has 0 saturated heterocycles. The minimum Gasteiger partial charge on any atom is -0.233 e. The first-order valence-electron chi connectivity index (χ1n) is 8.76. The summed E-state index contributed by atoms with van der Waals surface area (Å²) in [6.45, 7) is 4.21. The summed E-state index contributed by atoms with van der Waals surface area (Å²) in [5, 5.41) is 0. The van der Waals surface area contributed by atoms with E-state index in [4.69, 9.17) is 0 Å². The molecule has 0 unspecified atom stereocenters. The quantitative estimate of drug-likeness (QED) is 0.737. The summed E-state index contributed by atoms with van der Waals surface area (Å²) in [7, 11) is -3.83. The van der Waals surface area contributed by atoms with E-state index in [1.807, 2.05) is 0 Å². The van der Waals surface area contributed by atoms with Crippen molar-refractivity contribution in [2.45, 2.75) is 31.6 Å². The fourth-order valence-corrected chi connectivity index (χ4v) is 4.17. The van der Waals surface area contributed by atoms with E-state index in [-0.39, 0.29) is 10.3 Å². The van der Waals surface area contributed by atoms with Crippen LogP contribution in [0.2, 0.25) is 0 Å². The maximum absolute atomic E-state index is 12.7. The van der Waals surface area contributed by atoms with Gasteiger partial charge in [0.05, 0.1) is 4.90 Å². The zero-order chi connectivity index (χ0) is 18.5. The van der Waals surface area contributed by atoms with E-state index in [9.17, 15) is 12.8 Å². The third-order valence-electron chi connectivity index (χ3n) is 5.47. The van der Waals surface area contributed by atoms with Crippen molar-refractivity contribution in [3.63, 3.8) is 0 Å². The Hall–Kier alpha value is -2.20. The molecule has 0 N–H and O–H groups in total. The lowest BCUT2D eigenvalue weighted by molar-refractivity contribution is 0.534. The van der Waals surface area contributed by atoms with Crippen molar-refractivity contribution in [3.05, 3.63) is 76.9 Å². The lowest BCUT2D eigenvalue weighted by Gasteiger charge is -2.12. The number of sulfone groups is 1. The predicted molar refractivity (Wildman–Crippen MR) is 103 cm³/mol. The maximum atomic E-state index is 12.7. The van der Waals surface area contributed by atoms with Gasteiger partial charge in [0.15, 0.2) is 6.01 Å². The van der Waals surface area contributed by atoms with E-state index >= 15 is 0 Å². The molecule has 0 atom stereocenters. The van der Waals surface area contributed by atoms with Crippen LogP contribution in [-0.4, -0.2) is 14.4 Å². The first-order valence-corrected chi connectivity index (χ1v) is 10.4. The van der Waals surface area contributed by atoms with Gasteiger partial charge in [0.1, 0.15) is 0 Å². The maximum Gasteiger partial charge on any atom is 0.207 e. The third kappa shape index (κ3) is 2.92. The van der Waals surface area contributed by atoms with Gasteiger partial charge in [-0.3, -0.25) is 0 Å². The molecule has 2 nitrogen and oxygen atoms in total. The highest BCUT2D eigenvalue weighted by molar-refractivity contribution is 7.91. The number of hydrogen-bond donors (Lipinski definition) is 0. The van der Waals surface area contributed by atoms with E-state index in [1.54, 1.807) is 12.1 Å². The molecule has 0 bridgehead atoms. The highest BCUT2D eigenvalue weighted by Crippen LogP contribution is 2.57. The summed E-state index contributed by atoms with van der Waals surface area (Å²) in [4.78, 5) is 0.0280. The predicted octanol–water partition coefficient (Wildman–Crippen LogP) is 5.26. The number of allylic oxidation sites excluding steroid dienone is 4. The van der Waals surface area contributed by atoms with Gasteiger partial charge in [-0.2, -0.15) is 0 Å². The number of alkyl halides is 1. The van der Waals surface area contributed by atoms with Crippen molar-refractivity contribution in [1.82, 2.24) is 0 Å². The Morgan fingerprint density at radius 3 is 2.00 bits per heavy atom. The van der Waals surface area contributed by atoms with Crippen molar-refractivity contribution in [1.29, 1.82) is 0 Å². The highest BCUT2D eigenvalue weighted by Gasteiger charge is 2.43. The molecule has 0 aliphatic heterocycles. The average Bonchev–Trinajstić information content (AvgIpc) is 3.28. The smallest absolute Gasteiger partial charge is 0.207 e. The Labute approximate surface area is 154 Å². The third-order valence-corrected chi connectivity index (χ3v) is 6.74. The zero-order valence-corrected chi connectivity index (χ0v) is 15.7. The molecule has 2 aliphatic carbocycles. The molecular weight excluding hydrogens is 347 g/mol. The molecule has 1 saturated carbocycles. The number of hydrogen-bond acceptors (Lipinski definition) is 2. The van der Waals surface area contributed by atoms with Crippen LogP contribution in [0, 0.1) is 19.3 Å². The molecule has 0 amide bonds. The van der Waals surface area contributed by atoms with Gasteiger partial charge in [0.25, 0.3) is 0 Å². The molecule has 0 radical (unpaired) electrons. The van der Waals surface area contributed by atoms with Gasteiger partial charge in [-0.25, -0.2) is 12.8 Å². The number of aryl methyl sites for hydroxylation is 2. The van der Waals surface area contributed by atoms with Gasteiger partial charge >= 0.3 is 0 Å². The molecule has 2 aromatic carbocycles. The summed E-state index contributed by atoms with van der Waals surface area (Å²) in [6, 6.07) is 11.7. The topological polar surface area (TPSA) is 34.1 Å². The summed E-state index contributed by atoms with van der Waals surface area (Å²) < 4.78 is 36.1. The molecule has 4 rings (SSSR count). The van der Waals surface area contributed by atoms with Crippen LogP contribution in [0.15, 0.2) is 59.5 Å². The SMILES string of the molecule is Cc1ccc(C2=CC3(C=C2c2ccc(S(=O)(=O)CF)cc2)CC3)cc1C. The van der Waals surface area contributed by atoms with Gasteiger partial charge in [-0.1, -0.05) is 42.5 Å². The van der Waals surface area contributed by atoms with Crippen molar-refractivity contribution in [3.8, 4) is 0 Å². The average molecular weight is 368 g/mol. The largest absolute Gasteiger partial charge is 0.233 e. The first-order chi connectivity index (χ1) is 12.3. The summed E-state index contributed by atoms with van der Waals surface area (Å²) in [6.07, 6.45) is 6.95. The van der Waals surface area contributed by atoms with Crippen LogP contribution in [0.4, 0.5) is 4.39 Å². The molecule has 4 heteroatoms. The van der Waals surface area contributed by atoms with E-state index in [0.717, 1.165) is 24.0 Å². The van der Waals surface area contributed by atoms with E-state index < -0.39 is 15.8 Å². The van der Waals surface area contributed by atoms with Crippen molar-refractivity contribution in [2.75, 3.05) is 6.01 Å². The van der Waals surface area contributed by atoms with Crippen molar-refractivity contribution in [2.24, 2.45) is 5.41 Å². The van der Waals surface area contributed by atoms with Gasteiger partial charge < -0.3 is 0 Å². The van der Waals surface area contributed by atoms with E-state index in [0.29, 0.717) is 0 Å². The Balaban J connectivity index is 1.75. The van der Waals surface area contributed by atoms with Crippen LogP contribution >= 0.6 is 0 Å². The second-order valence-corrected chi connectivity index (χ2v) is 9.32. The Kier molecular flexibility index (Phi) is 3.92. The first kappa shape index (κ1) is 17.2. The number of rotatable bonds is 4. The Bertz CT molecular complexity index is 1040. The molecule has 0 aromatic heterocycles. The standard InChI is InChI=1S/C22H21FO2S/c1-15-3-4-18(11-16(15)2)21-13-22(9-10-22)12-20(21)17-5-7-19(8-6-17)26(24,25)14-23/h3-8,11-13H,9-10,14H2,1-2H3. The van der Waals surface area contributed by atoms with Crippen LogP contribution in [0.1, 0.15) is 35.1 Å². The zero-order valence-electron chi connectivity index (χ0n) is 14.9. The summed E-state index contributed by atoms with van der Waals surface area (Å²) in [5.41, 5.74) is 7.16. The Morgan fingerprint density at radius 1 is 0.885 bits per heavy atom. The summed E-state index contributed by atoms with van der Waals surface area (Å²) >= 11 is 0. The molecule has 2 aliphatic rings. The van der Waals surface area contributed by atoms with E-state index in [1.165, 1.54) is 34.4 Å². The molecule has 2 aromatic rings. The van der Waals surface area contributed by atoms with Crippen molar-refractivity contribution < 1.29 is 12.8 Å². The van der Waals surface area contributed by atoms with Crippen molar-refractivity contribution >= 4 is 21.0 Å². The highest BCUT2D eigenvalue weighted by atomic mass is 32.2. The van der Waals surface area contributed by atoms with Crippen LogP contribution in [-0.2, 0) is 9.84 Å². The number of benzene rings is 2. The lowest BCUT2D eigenvalue weighted by atomic mass is 9.93. The van der Waals surface area contributed by atoms with Gasteiger partial charge in [0, 0.05) is 5.41 Å². The lowest BCUT2D eigenvalue weighted by Crippen LogP contribution is -2.02. The molecule has 134 valence electrons. The molecule has 26 heavy (non-hydrogen) atoms. The van der Waals surface area contributed by atoms with Crippen LogP contribution < -0.4 is 0 Å². The van der Waals surface area contributed by atoms with Gasteiger partial charge in [0.2, 0.25) is 9.84 Å². The minimum atomic E-state index is -3.83. The molecule has 1 spiro atoms. The van der Waals surface area contributed by atoms with Crippen LogP contribution in [0.5, 0.6) is 0 Å². The molecule has 1 fully saturated rings. The molecule has 0 heterocycles. The molecular formula is C22H21FO2S. The van der Waals surface area contributed by atoms with E-state index in [2.05, 4.69) is 44.2 Å². The number of halogens is 1. The van der Waals surface area contributed by atoms with Crippen LogP contribution in [0.3, 0.4) is 0 Å². The summed E-state index contributed by atoms with van der Waals surface area (Å²) in [5.74, 6) is 0. The second kappa shape index (κ2) is 5.92. The fourth-order valence-electron chi connectivity index (χ4n) is 3.50. The van der Waals surface area contributed by atoms with Gasteiger partial charge in [-0.05, 0) is 72.2 Å². The van der Waals surface area contributed by atoms with Crippen LogP contribution in [0.25, 0.3) is 11.1 Å². The monoisotopic (exact) mass is 368 g/mol. The minimum absolute atomic E-state index is 0.0280. The fraction of sp³-hybridized carbons (Fsp3) is 0.273. The van der Waals surface area contributed by atoms with Gasteiger partial charge in [-0.15, -0.1) is 0 Å².